The topological polar surface area (TPSA) is 101 Å². The highest BCUT2D eigenvalue weighted by Crippen LogP contribution is 2.64. The van der Waals surface area contributed by atoms with Crippen molar-refractivity contribution >= 4 is 15.8 Å². The van der Waals surface area contributed by atoms with Crippen LogP contribution >= 0.6 is 0 Å². The third-order valence-corrected chi connectivity index (χ3v) is 7.09. The van der Waals surface area contributed by atoms with Gasteiger partial charge in [-0.25, -0.2) is 8.42 Å². The van der Waals surface area contributed by atoms with Crippen molar-refractivity contribution in [1.82, 2.24) is 0 Å². The van der Waals surface area contributed by atoms with Gasteiger partial charge in [-0.3, -0.25) is 4.79 Å². The van der Waals surface area contributed by atoms with Gasteiger partial charge in [0.1, 0.15) is 11.2 Å². The molecule has 2 aromatic rings. The van der Waals surface area contributed by atoms with Crippen LogP contribution in [0.15, 0.2) is 59.5 Å². The third kappa shape index (κ3) is 2.60. The minimum absolute atomic E-state index is 0.0510. The second-order valence-corrected chi connectivity index (χ2v) is 8.10. The highest BCUT2D eigenvalue weighted by molar-refractivity contribution is 7.92. The molecule has 7 heteroatoms. The zero-order valence-corrected chi connectivity index (χ0v) is 14.3. The number of sulfone groups is 1. The molecule has 0 radical (unpaired) electrons. The number of hydrogen-bond acceptors (Lipinski definition) is 5. The number of methoxy groups -OCH3 is 1. The van der Waals surface area contributed by atoms with Gasteiger partial charge in [0.25, 0.3) is 0 Å². The lowest BCUT2D eigenvalue weighted by Gasteiger charge is -2.09. The van der Waals surface area contributed by atoms with Crippen LogP contribution in [0.4, 0.5) is 0 Å². The third-order valence-electron chi connectivity index (χ3n) is 4.80. The van der Waals surface area contributed by atoms with Crippen molar-refractivity contribution in [3.63, 3.8) is 0 Å². The first-order chi connectivity index (χ1) is 11.9. The lowest BCUT2D eigenvalue weighted by molar-refractivity contribution is -0.145. The Balaban J connectivity index is 2.08. The minimum atomic E-state index is -3.92. The van der Waals surface area contributed by atoms with E-state index in [0.29, 0.717) is 11.3 Å². The van der Waals surface area contributed by atoms with Crippen molar-refractivity contribution in [2.24, 2.45) is 5.41 Å². The van der Waals surface area contributed by atoms with E-state index in [2.05, 4.69) is 0 Å². The molecule has 0 saturated heterocycles. The Morgan fingerprint density at radius 3 is 2.20 bits per heavy atom. The first kappa shape index (κ1) is 17.4. The molecule has 3 atom stereocenters. The maximum absolute atomic E-state index is 13.0. The highest BCUT2D eigenvalue weighted by Gasteiger charge is 2.75. The van der Waals surface area contributed by atoms with Gasteiger partial charge in [0.2, 0.25) is 0 Å². The number of carboxylic acids is 1. The smallest absolute Gasteiger partial charge is 0.314 e. The fourth-order valence-electron chi connectivity index (χ4n) is 3.41. The van der Waals surface area contributed by atoms with Crippen molar-refractivity contribution in [3.05, 3.63) is 60.2 Å². The number of hydrogen-bond donors (Lipinski definition) is 2. The van der Waals surface area contributed by atoms with Crippen LogP contribution in [0.3, 0.4) is 0 Å². The second kappa shape index (κ2) is 6.16. The van der Waals surface area contributed by atoms with E-state index in [0.717, 1.165) is 0 Å². The largest absolute Gasteiger partial charge is 0.497 e. The lowest BCUT2D eigenvalue weighted by atomic mass is 10.00. The van der Waals surface area contributed by atoms with Gasteiger partial charge in [-0.1, -0.05) is 30.3 Å². The molecule has 2 aromatic carbocycles. The van der Waals surface area contributed by atoms with Crippen LogP contribution < -0.4 is 4.74 Å². The van der Waals surface area contributed by atoms with Gasteiger partial charge in [0.15, 0.2) is 9.84 Å². The molecule has 1 saturated carbocycles. The summed E-state index contributed by atoms with van der Waals surface area (Å²) in [5.41, 5.74) is -1.20. The van der Waals surface area contributed by atoms with Crippen molar-refractivity contribution in [2.45, 2.75) is 16.1 Å². The number of carboxylic acid groups (broad SMARTS) is 1. The number of carbonyl (C=O) groups is 1. The van der Waals surface area contributed by atoms with Crippen molar-refractivity contribution in [3.8, 4) is 5.75 Å². The Bertz CT molecular complexity index is 876. The van der Waals surface area contributed by atoms with Crippen molar-refractivity contribution in [1.29, 1.82) is 0 Å². The van der Waals surface area contributed by atoms with Crippen LogP contribution in [0.1, 0.15) is 11.5 Å². The van der Waals surface area contributed by atoms with E-state index in [9.17, 15) is 23.4 Å². The maximum atomic E-state index is 13.0. The molecule has 1 fully saturated rings. The summed E-state index contributed by atoms with van der Waals surface area (Å²) in [6.45, 7) is -0.754. The fourth-order valence-corrected chi connectivity index (χ4v) is 5.80. The summed E-state index contributed by atoms with van der Waals surface area (Å²) >= 11 is 0. The molecule has 0 aromatic heterocycles. The molecule has 0 aliphatic heterocycles. The SMILES string of the molecule is COc1ccc([C@H]2[C@@H](S(=O)(=O)c3ccccc3)[C@@]2(CO)C(=O)O)cc1. The summed E-state index contributed by atoms with van der Waals surface area (Å²) in [6.07, 6.45) is 0. The summed E-state index contributed by atoms with van der Waals surface area (Å²) < 4.78 is 31.0. The Labute approximate surface area is 145 Å². The lowest BCUT2D eigenvalue weighted by Crippen LogP contribution is -2.27. The van der Waals surface area contributed by atoms with Crippen LogP contribution in [0.2, 0.25) is 0 Å². The Morgan fingerprint density at radius 2 is 1.72 bits per heavy atom. The van der Waals surface area contributed by atoms with Gasteiger partial charge in [-0.05, 0) is 29.8 Å². The minimum Gasteiger partial charge on any atom is -0.497 e. The highest BCUT2D eigenvalue weighted by atomic mass is 32.2. The second-order valence-electron chi connectivity index (χ2n) is 6.03. The number of aliphatic hydroxyl groups is 1. The Morgan fingerprint density at radius 1 is 1.12 bits per heavy atom. The molecular formula is C18H18O6S. The molecule has 0 heterocycles. The maximum Gasteiger partial charge on any atom is 0.314 e. The predicted molar refractivity (Wildman–Crippen MR) is 90.3 cm³/mol. The first-order valence-electron chi connectivity index (χ1n) is 7.66. The summed E-state index contributed by atoms with van der Waals surface area (Å²) in [4.78, 5) is 11.9. The first-order valence-corrected chi connectivity index (χ1v) is 9.21. The van der Waals surface area contributed by atoms with Crippen molar-refractivity contribution in [2.75, 3.05) is 13.7 Å². The number of benzene rings is 2. The average Bonchev–Trinajstić information content (AvgIpc) is 3.34. The van der Waals surface area contributed by atoms with E-state index >= 15 is 0 Å². The standard InChI is InChI=1S/C18H18O6S/c1-24-13-9-7-12(8-10-13)15-16(18(15,11-19)17(20)21)25(22,23)14-5-3-2-4-6-14/h2-10,15-16,19H,11H2,1H3,(H,20,21)/t15-,16+,18-/m0/s1. The summed E-state index contributed by atoms with van der Waals surface area (Å²) in [7, 11) is -2.41. The molecule has 0 spiro atoms. The summed E-state index contributed by atoms with van der Waals surface area (Å²) in [5.74, 6) is -1.57. The molecule has 1 aliphatic rings. The monoisotopic (exact) mass is 362 g/mol. The van der Waals surface area contributed by atoms with Crippen LogP contribution in [-0.2, 0) is 14.6 Å². The molecule has 0 unspecified atom stereocenters. The van der Waals surface area contributed by atoms with Crippen molar-refractivity contribution < 1.29 is 28.2 Å². The van der Waals surface area contributed by atoms with Gasteiger partial charge in [-0.15, -0.1) is 0 Å². The van der Waals surface area contributed by atoms with Gasteiger partial charge in [-0.2, -0.15) is 0 Å². The number of aliphatic carboxylic acids is 1. The van der Waals surface area contributed by atoms with Crippen LogP contribution in [0.5, 0.6) is 5.75 Å². The van der Waals surface area contributed by atoms with Gasteiger partial charge < -0.3 is 14.9 Å². The number of aliphatic hydroxyl groups excluding tert-OH is 1. The van der Waals surface area contributed by atoms with E-state index < -0.39 is 39.0 Å². The molecular weight excluding hydrogens is 344 g/mol. The molecule has 0 amide bonds. The van der Waals surface area contributed by atoms with Crippen LogP contribution in [0.25, 0.3) is 0 Å². The zero-order chi connectivity index (χ0) is 18.2. The van der Waals surface area contributed by atoms with Crippen LogP contribution in [0, 0.1) is 5.41 Å². The molecule has 132 valence electrons. The van der Waals surface area contributed by atoms with E-state index in [1.165, 1.54) is 19.2 Å². The summed E-state index contributed by atoms with van der Waals surface area (Å²) in [5, 5.41) is 18.2. The molecule has 2 N–H and O–H groups in total. The van der Waals surface area contributed by atoms with Crippen LogP contribution in [-0.4, -0.2) is 43.6 Å². The van der Waals surface area contributed by atoms with E-state index in [4.69, 9.17) is 4.74 Å². The Kier molecular flexibility index (Phi) is 4.30. The fraction of sp³-hybridized carbons (Fsp3) is 0.278. The zero-order valence-electron chi connectivity index (χ0n) is 13.5. The van der Waals surface area contributed by atoms with Gasteiger partial charge in [0, 0.05) is 5.92 Å². The van der Waals surface area contributed by atoms with Gasteiger partial charge in [0.05, 0.1) is 23.9 Å². The van der Waals surface area contributed by atoms with E-state index in [1.54, 1.807) is 42.5 Å². The molecule has 6 nitrogen and oxygen atoms in total. The Hall–Kier alpha value is -2.38. The molecule has 0 bridgehead atoms. The van der Waals surface area contributed by atoms with E-state index in [1.807, 2.05) is 0 Å². The molecule has 3 rings (SSSR count). The molecule has 1 aliphatic carbocycles. The normalized spacial score (nSPS) is 25.4. The molecule has 25 heavy (non-hydrogen) atoms. The summed E-state index contributed by atoms with van der Waals surface area (Å²) in [6, 6.07) is 14.3. The predicted octanol–water partition coefficient (Wildman–Crippen LogP) is 1.70. The number of rotatable bonds is 6. The van der Waals surface area contributed by atoms with E-state index in [-0.39, 0.29) is 4.90 Å². The number of ether oxygens (including phenoxy) is 1. The average molecular weight is 362 g/mol. The van der Waals surface area contributed by atoms with Gasteiger partial charge >= 0.3 is 5.97 Å². The quantitative estimate of drug-likeness (QED) is 0.811.